The Hall–Kier alpha value is -3.58. The highest BCUT2D eigenvalue weighted by molar-refractivity contribution is 9.10. The minimum absolute atomic E-state index is 0.242. The number of carbonyl (C=O) groups excluding carboxylic acids is 2. The fourth-order valence-electron chi connectivity index (χ4n) is 5.27. The van der Waals surface area contributed by atoms with E-state index in [2.05, 4.69) is 74.4 Å². The van der Waals surface area contributed by atoms with Crippen LogP contribution < -0.4 is 0 Å². The number of carbonyl (C=O) groups is 2. The maximum Gasteiger partial charge on any atom is 0.410 e. The fraction of sp³-hybridized carbons (Fsp3) is 0.529. The van der Waals surface area contributed by atoms with Crippen molar-refractivity contribution in [2.45, 2.75) is 65.8 Å². The number of aromatic amines is 1. The zero-order valence-electron chi connectivity index (χ0n) is 29.0. The molecule has 2 aliphatic heterocycles. The van der Waals surface area contributed by atoms with Crippen LogP contribution in [-0.2, 0) is 22.6 Å². The molecule has 0 unspecified atom stereocenters. The summed E-state index contributed by atoms with van der Waals surface area (Å²) in [5.74, 6) is 0.577. The molecular formula is C34H45Br2N9O4. The third-order valence-electron chi connectivity index (χ3n) is 7.69. The Labute approximate surface area is 305 Å². The number of nitrogens with one attached hydrogen (secondary N) is 1. The van der Waals surface area contributed by atoms with E-state index >= 15 is 0 Å². The third-order valence-corrected chi connectivity index (χ3v) is 8.67. The number of tetrazole rings is 1. The number of hydrogen-bond acceptors (Lipinski definition) is 10. The quantitative estimate of drug-likeness (QED) is 0.324. The molecule has 3 aromatic rings. The molecule has 49 heavy (non-hydrogen) atoms. The number of aromatic nitrogens is 4. The van der Waals surface area contributed by atoms with Gasteiger partial charge in [0.1, 0.15) is 11.2 Å². The second kappa shape index (κ2) is 16.9. The summed E-state index contributed by atoms with van der Waals surface area (Å²) in [5.41, 5.74) is 2.84. The van der Waals surface area contributed by atoms with Gasteiger partial charge in [-0.1, -0.05) is 44.0 Å². The maximum atomic E-state index is 12.2. The first-order chi connectivity index (χ1) is 23.1. The summed E-state index contributed by atoms with van der Waals surface area (Å²) in [6, 6.07) is 14.1. The van der Waals surface area contributed by atoms with E-state index in [1.165, 1.54) is 0 Å². The van der Waals surface area contributed by atoms with E-state index in [9.17, 15) is 14.9 Å². The van der Waals surface area contributed by atoms with Gasteiger partial charge in [0.05, 0.1) is 11.6 Å². The third kappa shape index (κ3) is 12.1. The van der Waals surface area contributed by atoms with Crippen molar-refractivity contribution < 1.29 is 19.1 Å². The number of nitriles is 1. The lowest BCUT2D eigenvalue weighted by atomic mass is 10.1. The SMILES string of the molecule is CC(C)(C)OC(=O)N1CCN(Cc2ccc(Br)cc2-c2nn[nH]n2)CC1.CC(C)(C)OC(=O)N1CCN(Cc2ccc(Br)cc2C#N)CC1. The minimum Gasteiger partial charge on any atom is -0.444 e. The van der Waals surface area contributed by atoms with Crippen molar-refractivity contribution in [3.63, 3.8) is 0 Å². The van der Waals surface area contributed by atoms with Crippen molar-refractivity contribution in [1.82, 2.24) is 40.2 Å². The van der Waals surface area contributed by atoms with E-state index in [0.29, 0.717) is 37.6 Å². The van der Waals surface area contributed by atoms with E-state index in [4.69, 9.17) is 9.47 Å². The first-order valence-electron chi connectivity index (χ1n) is 16.2. The molecule has 0 saturated carbocycles. The van der Waals surface area contributed by atoms with Crippen molar-refractivity contribution in [1.29, 1.82) is 5.26 Å². The smallest absolute Gasteiger partial charge is 0.410 e. The van der Waals surface area contributed by atoms with E-state index < -0.39 is 11.2 Å². The van der Waals surface area contributed by atoms with Crippen LogP contribution in [0.4, 0.5) is 9.59 Å². The van der Waals surface area contributed by atoms with Gasteiger partial charge in [-0.3, -0.25) is 9.80 Å². The highest BCUT2D eigenvalue weighted by Crippen LogP contribution is 2.26. The van der Waals surface area contributed by atoms with Gasteiger partial charge >= 0.3 is 12.2 Å². The standard InChI is InChI=1S/C17H23BrN6O2.C17H22BrN3O2/c1-17(2,3)26-16(25)24-8-6-23(7-9-24)11-12-4-5-13(18)10-14(12)15-19-21-22-20-15;1-17(2,3)23-16(22)21-8-6-20(7-9-21)12-13-4-5-15(18)10-14(13)11-19/h4-5,10H,6-9,11H2,1-3H3,(H,19,20,21,22);4-5,10H,6-9,12H2,1-3H3. The van der Waals surface area contributed by atoms with E-state index in [0.717, 1.165) is 64.9 Å². The Morgan fingerprint density at radius 3 is 1.69 bits per heavy atom. The lowest BCUT2D eigenvalue weighted by molar-refractivity contribution is 0.0129. The first kappa shape index (κ1) is 38.2. The van der Waals surface area contributed by atoms with Crippen LogP contribution in [0.2, 0.25) is 0 Å². The van der Waals surface area contributed by atoms with Crippen LogP contribution in [0.3, 0.4) is 0 Å². The lowest BCUT2D eigenvalue weighted by Crippen LogP contribution is -2.49. The molecule has 5 rings (SSSR count). The van der Waals surface area contributed by atoms with Gasteiger partial charge in [0.2, 0.25) is 5.82 Å². The molecule has 2 amide bonds. The summed E-state index contributed by atoms with van der Waals surface area (Å²) < 4.78 is 12.7. The number of piperazine rings is 2. The van der Waals surface area contributed by atoms with Crippen LogP contribution in [0.1, 0.15) is 58.2 Å². The molecule has 264 valence electrons. The Morgan fingerprint density at radius 1 is 0.776 bits per heavy atom. The molecule has 0 spiro atoms. The minimum atomic E-state index is -0.467. The molecule has 2 saturated heterocycles. The molecule has 0 radical (unpaired) electrons. The molecule has 1 N–H and O–H groups in total. The van der Waals surface area contributed by atoms with Crippen molar-refractivity contribution in [2.75, 3.05) is 52.4 Å². The van der Waals surface area contributed by atoms with E-state index in [1.54, 1.807) is 9.80 Å². The molecule has 0 atom stereocenters. The largest absolute Gasteiger partial charge is 0.444 e. The van der Waals surface area contributed by atoms with Crippen molar-refractivity contribution >= 4 is 44.0 Å². The van der Waals surface area contributed by atoms with Crippen LogP contribution in [0.5, 0.6) is 0 Å². The number of hydrogen-bond donors (Lipinski definition) is 1. The van der Waals surface area contributed by atoms with E-state index in [1.807, 2.05) is 71.9 Å². The number of H-pyrrole nitrogens is 1. The zero-order valence-corrected chi connectivity index (χ0v) is 32.2. The molecular weight excluding hydrogens is 758 g/mol. The van der Waals surface area contributed by atoms with Gasteiger partial charge in [-0.2, -0.15) is 10.5 Å². The van der Waals surface area contributed by atoms with Gasteiger partial charge in [-0.25, -0.2) is 9.59 Å². The van der Waals surface area contributed by atoms with E-state index in [-0.39, 0.29) is 12.2 Å². The van der Waals surface area contributed by atoms with Crippen LogP contribution in [0.15, 0.2) is 45.3 Å². The van der Waals surface area contributed by atoms with Crippen LogP contribution in [0.25, 0.3) is 11.4 Å². The molecule has 13 nitrogen and oxygen atoms in total. The number of amides is 2. The summed E-state index contributed by atoms with van der Waals surface area (Å²) in [4.78, 5) is 32.3. The summed E-state index contributed by atoms with van der Waals surface area (Å²) in [7, 11) is 0. The molecule has 0 aliphatic carbocycles. The second-order valence-corrected chi connectivity index (χ2v) is 15.8. The lowest BCUT2D eigenvalue weighted by Gasteiger charge is -2.35. The molecule has 0 bridgehead atoms. The van der Waals surface area contributed by atoms with Crippen molar-refractivity contribution in [3.05, 3.63) is 62.0 Å². The molecule has 1 aromatic heterocycles. The Kier molecular flexibility index (Phi) is 13.2. The summed E-state index contributed by atoms with van der Waals surface area (Å²) in [6.07, 6.45) is -0.494. The molecule has 2 fully saturated rings. The summed E-state index contributed by atoms with van der Waals surface area (Å²) in [5, 5.41) is 23.6. The Morgan fingerprint density at radius 2 is 1.24 bits per heavy atom. The van der Waals surface area contributed by atoms with Crippen molar-refractivity contribution in [2.24, 2.45) is 0 Å². The molecule has 2 aromatic carbocycles. The van der Waals surface area contributed by atoms with Gasteiger partial charge in [0.15, 0.2) is 0 Å². The average molecular weight is 804 g/mol. The van der Waals surface area contributed by atoms with Crippen LogP contribution in [-0.4, -0.2) is 116 Å². The van der Waals surface area contributed by atoms with Gasteiger partial charge in [-0.05, 0) is 82.1 Å². The average Bonchev–Trinajstić information content (AvgIpc) is 3.57. The fourth-order valence-corrected chi connectivity index (χ4v) is 6.00. The number of benzene rings is 2. The highest BCUT2D eigenvalue weighted by atomic mass is 79.9. The molecule has 15 heteroatoms. The number of halogens is 2. The van der Waals surface area contributed by atoms with Crippen LogP contribution in [0, 0.1) is 11.3 Å². The van der Waals surface area contributed by atoms with Gasteiger partial charge in [0, 0.05) is 80.0 Å². The normalized spacial score (nSPS) is 16.0. The first-order valence-corrected chi connectivity index (χ1v) is 17.8. The number of ether oxygens (including phenoxy) is 2. The maximum absolute atomic E-state index is 12.2. The van der Waals surface area contributed by atoms with Gasteiger partial charge < -0.3 is 19.3 Å². The van der Waals surface area contributed by atoms with Crippen molar-refractivity contribution in [3.8, 4) is 17.5 Å². The monoisotopic (exact) mass is 801 g/mol. The summed E-state index contributed by atoms with van der Waals surface area (Å²) >= 11 is 6.88. The predicted octanol–water partition coefficient (Wildman–Crippen LogP) is 6.06. The molecule has 2 aliphatic rings. The zero-order chi connectivity index (χ0) is 35.8. The highest BCUT2D eigenvalue weighted by Gasteiger charge is 2.27. The Balaban J connectivity index is 0.000000223. The van der Waals surface area contributed by atoms with Gasteiger partial charge in [-0.15, -0.1) is 10.2 Å². The number of rotatable bonds is 5. The predicted molar refractivity (Wildman–Crippen MR) is 192 cm³/mol. The Bertz CT molecular complexity index is 1600. The van der Waals surface area contributed by atoms with Crippen LogP contribution >= 0.6 is 31.9 Å². The number of nitrogens with zero attached hydrogens (tertiary/aromatic N) is 8. The van der Waals surface area contributed by atoms with Gasteiger partial charge in [0.25, 0.3) is 0 Å². The second-order valence-electron chi connectivity index (χ2n) is 13.9. The molecule has 3 heterocycles. The topological polar surface area (TPSA) is 144 Å². The summed E-state index contributed by atoms with van der Waals surface area (Å²) in [6.45, 7) is 18.5.